The van der Waals surface area contributed by atoms with Crippen molar-refractivity contribution in [2.75, 3.05) is 31.4 Å². The average Bonchev–Trinajstić information content (AvgIpc) is 3.15. The van der Waals surface area contributed by atoms with Gasteiger partial charge in [0.2, 0.25) is 0 Å². The van der Waals surface area contributed by atoms with Crippen LogP contribution in [-0.2, 0) is 14.6 Å². The Morgan fingerprint density at radius 1 is 1.32 bits per heavy atom. The molecule has 0 spiro atoms. The van der Waals surface area contributed by atoms with Crippen molar-refractivity contribution in [1.82, 2.24) is 0 Å². The molecule has 1 fully saturated rings. The fourth-order valence-electron chi connectivity index (χ4n) is 2.96. The van der Waals surface area contributed by atoms with Gasteiger partial charge in [0.15, 0.2) is 9.84 Å². The van der Waals surface area contributed by atoms with E-state index in [1.165, 1.54) is 31.4 Å². The highest BCUT2D eigenvalue weighted by Crippen LogP contribution is 2.28. The molecule has 1 aliphatic heterocycles. The lowest BCUT2D eigenvalue weighted by Gasteiger charge is -2.13. The molecule has 0 aliphatic carbocycles. The second kappa shape index (κ2) is 8.46. The number of nitrogens with one attached hydrogen (secondary N) is 1. The Morgan fingerprint density at radius 2 is 2.11 bits per heavy atom. The van der Waals surface area contributed by atoms with E-state index in [0.717, 1.165) is 12.1 Å². The molecule has 150 valence electrons. The predicted molar refractivity (Wildman–Crippen MR) is 103 cm³/mol. The van der Waals surface area contributed by atoms with Crippen LogP contribution < -0.4 is 10.1 Å². The van der Waals surface area contributed by atoms with E-state index in [1.54, 1.807) is 0 Å². The van der Waals surface area contributed by atoms with Crippen LogP contribution in [0.15, 0.2) is 41.3 Å². The summed E-state index contributed by atoms with van der Waals surface area (Å²) < 4.78 is 49.0. The lowest BCUT2D eigenvalue weighted by Crippen LogP contribution is -2.18. The van der Waals surface area contributed by atoms with Crippen LogP contribution in [0, 0.1) is 11.7 Å². The number of amides is 1. The lowest BCUT2D eigenvalue weighted by atomic mass is 10.1. The van der Waals surface area contributed by atoms with Crippen molar-refractivity contribution in [3.05, 3.63) is 52.8 Å². The summed E-state index contributed by atoms with van der Waals surface area (Å²) in [6.07, 6.45) is 0.686. The van der Waals surface area contributed by atoms with E-state index < -0.39 is 21.6 Å². The summed E-state index contributed by atoms with van der Waals surface area (Å²) in [5.74, 6) is -1.07. The lowest BCUT2D eigenvalue weighted by molar-refractivity contribution is 0.102. The summed E-state index contributed by atoms with van der Waals surface area (Å²) in [6, 6.07) is 7.66. The largest absolute Gasteiger partial charge is 0.496 e. The van der Waals surface area contributed by atoms with Crippen molar-refractivity contribution >= 4 is 33.0 Å². The first-order valence-electron chi connectivity index (χ1n) is 8.55. The van der Waals surface area contributed by atoms with Crippen molar-refractivity contribution in [1.29, 1.82) is 0 Å². The highest BCUT2D eigenvalue weighted by Gasteiger charge is 2.26. The molecule has 3 rings (SSSR count). The molecule has 6 nitrogen and oxygen atoms in total. The first-order valence-corrected chi connectivity index (χ1v) is 10.6. The van der Waals surface area contributed by atoms with E-state index in [0.29, 0.717) is 19.6 Å². The van der Waals surface area contributed by atoms with Gasteiger partial charge in [-0.05, 0) is 48.7 Å². The van der Waals surface area contributed by atoms with Gasteiger partial charge in [0.05, 0.1) is 40.6 Å². The highest BCUT2D eigenvalue weighted by atomic mass is 35.5. The molecule has 2 aromatic rings. The second-order valence-electron chi connectivity index (χ2n) is 6.45. The number of carbonyl (C=O) groups excluding carboxylic acids is 1. The summed E-state index contributed by atoms with van der Waals surface area (Å²) in [7, 11) is -2.23. The van der Waals surface area contributed by atoms with Crippen LogP contribution in [0.2, 0.25) is 5.02 Å². The Kier molecular flexibility index (Phi) is 6.22. The van der Waals surface area contributed by atoms with Crippen molar-refractivity contribution in [3.8, 4) is 5.75 Å². The monoisotopic (exact) mass is 427 g/mol. The van der Waals surface area contributed by atoms with Crippen molar-refractivity contribution < 1.29 is 27.1 Å². The van der Waals surface area contributed by atoms with E-state index in [9.17, 15) is 17.6 Å². The SMILES string of the molecule is COc1ccc(S(=O)(=O)C[C@H]2CCOC2)cc1C(=O)Nc1ccc(F)cc1Cl. The highest BCUT2D eigenvalue weighted by molar-refractivity contribution is 7.91. The molecule has 1 heterocycles. The van der Waals surface area contributed by atoms with Gasteiger partial charge in [0.25, 0.3) is 5.91 Å². The molecule has 0 radical (unpaired) electrons. The molecule has 2 aromatic carbocycles. The molecule has 1 saturated heterocycles. The second-order valence-corrected chi connectivity index (χ2v) is 8.89. The number of hydrogen-bond donors (Lipinski definition) is 1. The number of halogens is 2. The first-order chi connectivity index (χ1) is 13.3. The van der Waals surface area contributed by atoms with Crippen LogP contribution in [0.4, 0.5) is 10.1 Å². The zero-order chi connectivity index (χ0) is 20.3. The van der Waals surface area contributed by atoms with E-state index >= 15 is 0 Å². The number of ether oxygens (including phenoxy) is 2. The van der Waals surface area contributed by atoms with Crippen LogP contribution in [0.3, 0.4) is 0 Å². The molecule has 1 aliphatic rings. The maximum atomic E-state index is 13.2. The summed E-state index contributed by atoms with van der Waals surface area (Å²) in [6.45, 7) is 0.959. The minimum atomic E-state index is -3.60. The van der Waals surface area contributed by atoms with Crippen LogP contribution in [-0.4, -0.2) is 40.4 Å². The van der Waals surface area contributed by atoms with Crippen LogP contribution in [0.1, 0.15) is 16.8 Å². The van der Waals surface area contributed by atoms with Crippen LogP contribution in [0.25, 0.3) is 0 Å². The minimum Gasteiger partial charge on any atom is -0.496 e. The van der Waals surface area contributed by atoms with Gasteiger partial charge in [-0.3, -0.25) is 4.79 Å². The molecule has 9 heteroatoms. The maximum Gasteiger partial charge on any atom is 0.259 e. The number of carbonyl (C=O) groups is 1. The Hall–Kier alpha value is -2.16. The number of methoxy groups -OCH3 is 1. The first kappa shape index (κ1) is 20.6. The minimum absolute atomic E-state index is 0.0237. The third-order valence-corrected chi connectivity index (χ3v) is 6.63. The number of hydrogen-bond acceptors (Lipinski definition) is 5. The molecule has 1 atom stereocenters. The van der Waals surface area contributed by atoms with Crippen LogP contribution in [0.5, 0.6) is 5.75 Å². The fourth-order valence-corrected chi connectivity index (χ4v) is 4.82. The van der Waals surface area contributed by atoms with E-state index in [2.05, 4.69) is 5.32 Å². The smallest absolute Gasteiger partial charge is 0.259 e. The zero-order valence-corrected chi connectivity index (χ0v) is 16.6. The Labute approximate surface area is 167 Å². The molecular weight excluding hydrogens is 409 g/mol. The van der Waals surface area contributed by atoms with Crippen molar-refractivity contribution in [2.24, 2.45) is 5.92 Å². The van der Waals surface area contributed by atoms with Crippen LogP contribution >= 0.6 is 11.6 Å². The Balaban J connectivity index is 1.88. The molecule has 0 unspecified atom stereocenters. The zero-order valence-electron chi connectivity index (χ0n) is 15.1. The third kappa shape index (κ3) is 4.63. The van der Waals surface area contributed by atoms with E-state index in [4.69, 9.17) is 21.1 Å². The molecule has 0 saturated carbocycles. The van der Waals surface area contributed by atoms with Gasteiger partial charge in [-0.2, -0.15) is 0 Å². The summed E-state index contributed by atoms with van der Waals surface area (Å²) in [5, 5.41) is 2.57. The molecule has 0 aromatic heterocycles. The number of sulfone groups is 1. The number of benzene rings is 2. The van der Waals surface area contributed by atoms with Gasteiger partial charge in [0, 0.05) is 6.61 Å². The van der Waals surface area contributed by atoms with E-state index in [-0.39, 0.29) is 38.6 Å². The Morgan fingerprint density at radius 3 is 2.75 bits per heavy atom. The standard InChI is InChI=1S/C19H19ClFNO5S/c1-26-18-5-3-14(28(24,25)11-12-6-7-27-10-12)9-15(18)19(23)22-17-4-2-13(21)8-16(17)20/h2-5,8-9,12H,6-7,10-11H2,1H3,(H,22,23)/t12-/m0/s1. The van der Waals surface area contributed by atoms with Gasteiger partial charge in [-0.1, -0.05) is 11.6 Å². The topological polar surface area (TPSA) is 81.7 Å². The van der Waals surface area contributed by atoms with Crippen molar-refractivity contribution in [2.45, 2.75) is 11.3 Å². The van der Waals surface area contributed by atoms with Gasteiger partial charge < -0.3 is 14.8 Å². The normalized spacial score (nSPS) is 16.8. The third-order valence-electron chi connectivity index (χ3n) is 4.43. The quantitative estimate of drug-likeness (QED) is 0.762. The average molecular weight is 428 g/mol. The molecule has 1 N–H and O–H groups in total. The van der Waals surface area contributed by atoms with Gasteiger partial charge >= 0.3 is 0 Å². The van der Waals surface area contributed by atoms with Gasteiger partial charge in [-0.25, -0.2) is 12.8 Å². The molecular formula is C19H19ClFNO5S. The molecule has 1 amide bonds. The van der Waals surface area contributed by atoms with E-state index in [1.807, 2.05) is 0 Å². The van der Waals surface area contributed by atoms with Gasteiger partial charge in [0.1, 0.15) is 11.6 Å². The fraction of sp³-hybridized carbons (Fsp3) is 0.316. The van der Waals surface area contributed by atoms with Gasteiger partial charge in [-0.15, -0.1) is 0 Å². The molecule has 28 heavy (non-hydrogen) atoms. The number of anilines is 1. The maximum absolute atomic E-state index is 13.2. The molecule has 0 bridgehead atoms. The van der Waals surface area contributed by atoms with Crippen molar-refractivity contribution in [3.63, 3.8) is 0 Å². The number of rotatable bonds is 6. The predicted octanol–water partition coefficient (Wildman–Crippen LogP) is 3.55. The summed E-state index contributed by atoms with van der Waals surface area (Å²) in [5.41, 5.74) is 0.234. The Bertz CT molecular complexity index is 990. The summed E-state index contributed by atoms with van der Waals surface area (Å²) in [4.78, 5) is 12.7. The summed E-state index contributed by atoms with van der Waals surface area (Å²) >= 11 is 5.94.